The largest absolute Gasteiger partial charge is 0.472 e. The van der Waals surface area contributed by atoms with Gasteiger partial charge in [-0.05, 0) is 122 Å². The zero-order valence-electron chi connectivity index (χ0n) is 55.5. The molecule has 0 saturated heterocycles. The lowest BCUT2D eigenvalue weighted by Gasteiger charge is -2.24. The van der Waals surface area contributed by atoms with Crippen LogP contribution in [0.15, 0.2) is 158 Å². The van der Waals surface area contributed by atoms with E-state index in [0.29, 0.717) is 17.4 Å². The highest BCUT2D eigenvalue weighted by Gasteiger charge is 2.27. The average molecular weight is 1210 g/mol. The molecule has 0 spiro atoms. The Kier molecular flexibility index (Phi) is 61.8. The average Bonchev–Trinajstić information content (AvgIpc) is 3.70. The molecule has 0 fully saturated rings. The molecule has 0 aromatic heterocycles. The number of nitrogens with zero attached hydrogens (tertiary/aromatic N) is 1. The van der Waals surface area contributed by atoms with Crippen LogP contribution in [0.2, 0.25) is 0 Å². The van der Waals surface area contributed by atoms with Gasteiger partial charge in [-0.15, -0.1) is 0 Å². The Labute approximate surface area is 528 Å². The van der Waals surface area contributed by atoms with Gasteiger partial charge in [-0.3, -0.25) is 18.6 Å². The van der Waals surface area contributed by atoms with Crippen LogP contribution < -0.4 is 0 Å². The summed E-state index contributed by atoms with van der Waals surface area (Å²) in [6.07, 6.45) is 97.7. The van der Waals surface area contributed by atoms with E-state index < -0.39 is 26.5 Å². The first-order valence-corrected chi connectivity index (χ1v) is 35.7. The minimum absolute atomic E-state index is 0.0176. The van der Waals surface area contributed by atoms with Gasteiger partial charge in [-0.1, -0.05) is 281 Å². The molecule has 10 heteroatoms. The van der Waals surface area contributed by atoms with Crippen LogP contribution in [0.4, 0.5) is 0 Å². The Bertz CT molecular complexity index is 2010. The van der Waals surface area contributed by atoms with Gasteiger partial charge in [0.05, 0.1) is 27.7 Å². The molecule has 86 heavy (non-hydrogen) atoms. The van der Waals surface area contributed by atoms with Gasteiger partial charge in [0.15, 0.2) is 6.10 Å². The molecule has 0 amide bonds. The van der Waals surface area contributed by atoms with Gasteiger partial charge >= 0.3 is 19.8 Å². The monoisotopic (exact) mass is 1210 g/mol. The minimum atomic E-state index is -4.41. The van der Waals surface area contributed by atoms with Crippen molar-refractivity contribution in [3.63, 3.8) is 0 Å². The third-order valence-electron chi connectivity index (χ3n) is 14.1. The number of phosphoric acid groups is 1. The number of allylic oxidation sites excluding steroid dienone is 26. The van der Waals surface area contributed by atoms with E-state index in [0.717, 1.165) is 122 Å². The summed E-state index contributed by atoms with van der Waals surface area (Å²) in [6, 6.07) is 0. The number of hydrogen-bond donors (Lipinski definition) is 1. The van der Waals surface area contributed by atoms with Crippen LogP contribution in [0.1, 0.15) is 258 Å². The smallest absolute Gasteiger partial charge is 0.462 e. The lowest BCUT2D eigenvalue weighted by atomic mass is 10.0. The van der Waals surface area contributed by atoms with Crippen LogP contribution in [0, 0.1) is 0 Å². The maximum Gasteiger partial charge on any atom is 0.472 e. The topological polar surface area (TPSA) is 108 Å². The quantitative estimate of drug-likeness (QED) is 0.0211. The van der Waals surface area contributed by atoms with E-state index in [4.69, 9.17) is 18.5 Å². The first-order valence-electron chi connectivity index (χ1n) is 34.2. The maximum atomic E-state index is 12.8. The van der Waals surface area contributed by atoms with Crippen molar-refractivity contribution in [3.8, 4) is 0 Å². The number of carbonyl (C=O) groups excluding carboxylic acids is 2. The second kappa shape index (κ2) is 65.1. The van der Waals surface area contributed by atoms with Gasteiger partial charge < -0.3 is 18.9 Å². The summed E-state index contributed by atoms with van der Waals surface area (Å²) < 4.78 is 34.6. The van der Waals surface area contributed by atoms with Crippen molar-refractivity contribution in [2.45, 2.75) is 264 Å². The number of carbonyl (C=O) groups is 2. The number of hydrogen-bond acceptors (Lipinski definition) is 7. The summed E-state index contributed by atoms with van der Waals surface area (Å²) in [5.74, 6) is -0.840. The van der Waals surface area contributed by atoms with Gasteiger partial charge in [0, 0.05) is 12.8 Å². The predicted molar refractivity (Wildman–Crippen MR) is 371 cm³/mol. The number of esters is 2. The van der Waals surface area contributed by atoms with Gasteiger partial charge in [0.2, 0.25) is 0 Å². The predicted octanol–water partition coefficient (Wildman–Crippen LogP) is 22.4. The zero-order valence-corrected chi connectivity index (χ0v) is 56.4. The zero-order chi connectivity index (χ0) is 62.6. The molecule has 0 rings (SSSR count). The summed E-state index contributed by atoms with van der Waals surface area (Å²) in [4.78, 5) is 35.8. The van der Waals surface area contributed by atoms with E-state index in [1.165, 1.54) is 103 Å². The van der Waals surface area contributed by atoms with Crippen LogP contribution >= 0.6 is 7.82 Å². The standard InChI is InChI=1S/C76H126NO8P/c1-6-8-10-12-14-16-18-20-22-24-26-28-30-32-33-34-35-36-37-38-39-40-41-42-43-45-46-48-50-52-54-56-58-60-62-64-66-68-75(78)82-72-74(73-84-86(80,81)83-71-70-77(3,4)5)85-76(79)69-67-65-63-61-59-57-55-53-51-49-47-44-31-29-27-25-23-21-19-17-15-13-11-9-7-2/h8-11,14-17,20-23,26-29,32-33,35-36,44,47,51,53,57,59,74H,6-7,12-13,18-19,24-25,30-31,34,37-43,45-46,48-50,52,54-56,58,60-73H2,1-5H3/p+1/b10-8-,11-9-,16-14-,17-15-,22-20-,23-21-,28-26-,29-27-,33-32-,36-35-,47-44-,53-51-,59-57-. The molecule has 9 nitrogen and oxygen atoms in total. The molecule has 0 heterocycles. The lowest BCUT2D eigenvalue weighted by Crippen LogP contribution is -2.37. The summed E-state index contributed by atoms with van der Waals surface area (Å²) in [5.41, 5.74) is 0. The van der Waals surface area contributed by atoms with Gasteiger partial charge in [0.1, 0.15) is 19.8 Å². The van der Waals surface area contributed by atoms with Gasteiger partial charge in [0.25, 0.3) is 0 Å². The number of ether oxygens (including phenoxy) is 2. The SMILES string of the molecule is CC/C=C\C/C=C\C/C=C\C/C=C\C/C=C\C/C=C\C/C=C\CCCCCC(=O)OC(COC(=O)CCCCCCCCCCCCCCCCCCCC/C=C\C/C=C\C/C=C\C/C=C\C/C=C\C/C=C\CC)COP(=O)(O)OCC[N+](C)(C)C. The molecule has 0 aromatic rings. The van der Waals surface area contributed by atoms with Crippen molar-refractivity contribution in [2.24, 2.45) is 0 Å². The summed E-state index contributed by atoms with van der Waals surface area (Å²) in [7, 11) is 1.44. The van der Waals surface area contributed by atoms with Crippen LogP contribution in [0.25, 0.3) is 0 Å². The Morgan fingerprint density at radius 2 is 0.628 bits per heavy atom. The fraction of sp³-hybridized carbons (Fsp3) is 0.632. The van der Waals surface area contributed by atoms with E-state index >= 15 is 0 Å². The molecule has 0 aliphatic rings. The number of rotatable bonds is 61. The van der Waals surface area contributed by atoms with Crippen LogP contribution in [0.5, 0.6) is 0 Å². The summed E-state index contributed by atoms with van der Waals surface area (Å²) >= 11 is 0. The van der Waals surface area contributed by atoms with Crippen molar-refractivity contribution < 1.29 is 42.1 Å². The van der Waals surface area contributed by atoms with E-state index in [2.05, 4.69) is 172 Å². The Hall–Kier alpha value is -4.37. The molecule has 2 atom stereocenters. The van der Waals surface area contributed by atoms with E-state index in [1.807, 2.05) is 21.1 Å². The molecule has 0 aliphatic heterocycles. The van der Waals surface area contributed by atoms with Gasteiger partial charge in [-0.2, -0.15) is 0 Å². The highest BCUT2D eigenvalue weighted by Crippen LogP contribution is 2.43. The Morgan fingerprint density at radius 1 is 0.360 bits per heavy atom. The molecule has 0 bridgehead atoms. The molecule has 0 aromatic carbocycles. The molecule has 0 aliphatic carbocycles. The molecule has 0 saturated carbocycles. The second-order valence-electron chi connectivity index (χ2n) is 23.4. The lowest BCUT2D eigenvalue weighted by molar-refractivity contribution is -0.870. The normalized spacial score (nSPS) is 14.2. The van der Waals surface area contributed by atoms with Crippen molar-refractivity contribution in [1.82, 2.24) is 0 Å². The molecule has 1 N–H and O–H groups in total. The summed E-state index contributed by atoms with van der Waals surface area (Å²) in [6.45, 7) is 4.16. The number of unbranched alkanes of at least 4 members (excludes halogenated alkanes) is 21. The van der Waals surface area contributed by atoms with E-state index in [-0.39, 0.29) is 32.0 Å². The Morgan fingerprint density at radius 3 is 0.942 bits per heavy atom. The molecular formula is C76H127NO8P+. The molecular weight excluding hydrogens is 1090 g/mol. The van der Waals surface area contributed by atoms with E-state index in [9.17, 15) is 19.0 Å². The third-order valence-corrected chi connectivity index (χ3v) is 15.0. The first kappa shape index (κ1) is 81.6. The van der Waals surface area contributed by atoms with Crippen LogP contribution in [-0.2, 0) is 32.7 Å². The molecule has 2 unspecified atom stereocenters. The number of phosphoric ester groups is 1. The molecule has 488 valence electrons. The first-order chi connectivity index (χ1) is 42.0. The van der Waals surface area contributed by atoms with Crippen molar-refractivity contribution in [3.05, 3.63) is 158 Å². The number of likely N-dealkylation sites (N-methyl/N-ethyl adjacent to an activating group) is 1. The second-order valence-corrected chi connectivity index (χ2v) is 24.9. The van der Waals surface area contributed by atoms with Crippen molar-refractivity contribution in [1.29, 1.82) is 0 Å². The molecule has 0 radical (unpaired) electrons. The maximum absolute atomic E-state index is 12.8. The highest BCUT2D eigenvalue weighted by molar-refractivity contribution is 7.47. The van der Waals surface area contributed by atoms with Crippen LogP contribution in [-0.4, -0.2) is 74.9 Å². The highest BCUT2D eigenvalue weighted by atomic mass is 31.2. The Balaban J connectivity index is 4.10. The number of quaternary nitrogens is 1. The fourth-order valence-corrected chi connectivity index (χ4v) is 9.62. The van der Waals surface area contributed by atoms with Gasteiger partial charge in [-0.25, -0.2) is 4.57 Å². The minimum Gasteiger partial charge on any atom is -0.462 e. The van der Waals surface area contributed by atoms with Crippen LogP contribution in [0.3, 0.4) is 0 Å². The van der Waals surface area contributed by atoms with E-state index in [1.54, 1.807) is 0 Å². The van der Waals surface area contributed by atoms with Crippen molar-refractivity contribution >= 4 is 19.8 Å². The third kappa shape index (κ3) is 68.7. The fourth-order valence-electron chi connectivity index (χ4n) is 8.88. The summed E-state index contributed by atoms with van der Waals surface area (Å²) in [5, 5.41) is 0. The van der Waals surface area contributed by atoms with Crippen molar-refractivity contribution in [2.75, 3.05) is 47.5 Å².